The van der Waals surface area contributed by atoms with Crippen LogP contribution in [0.25, 0.3) is 0 Å². The van der Waals surface area contributed by atoms with Crippen LogP contribution in [0.5, 0.6) is 0 Å². The Morgan fingerprint density at radius 1 is 1.35 bits per heavy atom. The number of guanidine groups is 1. The zero-order valence-corrected chi connectivity index (χ0v) is 19.1. The first-order valence-electron chi connectivity index (χ1n) is 8.33. The standard InChI is InChI=1S/C16H33N3OS2.HI/c1-6-17-15(18-10-11-22(20)16(2,3)4)19-13-8-7-9-14(12-13)21-5;/h13-14H,6-12H2,1-5H3,(H2,17,18,19);1H. The molecule has 138 valence electrons. The van der Waals surface area contributed by atoms with E-state index in [-0.39, 0.29) is 28.7 Å². The van der Waals surface area contributed by atoms with Gasteiger partial charge in [-0.25, -0.2) is 0 Å². The topological polar surface area (TPSA) is 53.5 Å². The minimum atomic E-state index is -0.837. The number of nitrogens with one attached hydrogen (secondary N) is 2. The predicted molar refractivity (Wildman–Crippen MR) is 117 cm³/mol. The smallest absolute Gasteiger partial charge is 0.191 e. The fourth-order valence-corrected chi connectivity index (χ4v) is 4.25. The minimum Gasteiger partial charge on any atom is -0.357 e. The Labute approximate surface area is 166 Å². The molecule has 4 nitrogen and oxygen atoms in total. The highest BCUT2D eigenvalue weighted by atomic mass is 127. The van der Waals surface area contributed by atoms with Crippen molar-refractivity contribution < 1.29 is 4.21 Å². The molecule has 0 aromatic carbocycles. The van der Waals surface area contributed by atoms with Gasteiger partial charge in [-0.1, -0.05) is 6.42 Å². The van der Waals surface area contributed by atoms with Crippen molar-refractivity contribution in [2.75, 3.05) is 25.1 Å². The number of halogens is 1. The van der Waals surface area contributed by atoms with E-state index >= 15 is 0 Å². The van der Waals surface area contributed by atoms with E-state index < -0.39 is 10.8 Å². The van der Waals surface area contributed by atoms with Gasteiger partial charge in [-0.15, -0.1) is 24.0 Å². The van der Waals surface area contributed by atoms with Gasteiger partial charge in [0.25, 0.3) is 0 Å². The van der Waals surface area contributed by atoms with Crippen LogP contribution in [-0.2, 0) is 10.8 Å². The maximum Gasteiger partial charge on any atom is 0.191 e. The Bertz CT molecular complexity index is 386. The summed E-state index contributed by atoms with van der Waals surface area (Å²) in [6.45, 7) is 9.59. The Kier molecular flexibility index (Phi) is 12.2. The minimum absolute atomic E-state index is 0. The maximum absolute atomic E-state index is 12.1. The Hall–Kier alpha value is 0.500. The lowest BCUT2D eigenvalue weighted by atomic mass is 9.95. The summed E-state index contributed by atoms with van der Waals surface area (Å²) in [5.74, 6) is 1.50. The second-order valence-electron chi connectivity index (χ2n) is 6.79. The zero-order chi connectivity index (χ0) is 16.6. The van der Waals surface area contributed by atoms with E-state index in [1.165, 1.54) is 25.7 Å². The van der Waals surface area contributed by atoms with Crippen molar-refractivity contribution in [3.63, 3.8) is 0 Å². The summed E-state index contributed by atoms with van der Waals surface area (Å²) >= 11 is 1.97. The van der Waals surface area contributed by atoms with E-state index in [2.05, 4.69) is 28.8 Å². The summed E-state index contributed by atoms with van der Waals surface area (Å²) in [6.07, 6.45) is 7.25. The normalized spacial score (nSPS) is 23.8. The molecular weight excluding hydrogens is 441 g/mol. The first-order chi connectivity index (χ1) is 10.4. The molecule has 0 aliphatic heterocycles. The maximum atomic E-state index is 12.1. The van der Waals surface area contributed by atoms with Gasteiger partial charge in [0.15, 0.2) is 5.96 Å². The first kappa shape index (κ1) is 23.5. The van der Waals surface area contributed by atoms with E-state index in [1.807, 2.05) is 32.5 Å². The fraction of sp³-hybridized carbons (Fsp3) is 0.938. The summed E-state index contributed by atoms with van der Waals surface area (Å²) in [5.41, 5.74) is 0. The second-order valence-corrected chi connectivity index (χ2v) is 10.3. The molecule has 23 heavy (non-hydrogen) atoms. The Morgan fingerprint density at radius 2 is 2.04 bits per heavy atom. The van der Waals surface area contributed by atoms with Crippen molar-refractivity contribution in [2.45, 2.75) is 69.4 Å². The van der Waals surface area contributed by atoms with Gasteiger partial charge in [-0.3, -0.25) is 9.20 Å². The van der Waals surface area contributed by atoms with E-state index in [0.717, 1.165) is 17.8 Å². The molecule has 2 N–H and O–H groups in total. The average molecular weight is 476 g/mol. The molecule has 1 saturated carbocycles. The zero-order valence-electron chi connectivity index (χ0n) is 15.2. The van der Waals surface area contributed by atoms with E-state index in [4.69, 9.17) is 0 Å². The van der Waals surface area contributed by atoms with Crippen molar-refractivity contribution in [3.05, 3.63) is 0 Å². The second kappa shape index (κ2) is 12.0. The largest absolute Gasteiger partial charge is 0.357 e. The number of nitrogens with zero attached hydrogens (tertiary/aromatic N) is 1. The lowest BCUT2D eigenvalue weighted by molar-refractivity contribution is 0.419. The molecule has 1 rings (SSSR count). The van der Waals surface area contributed by atoms with E-state index in [9.17, 15) is 4.21 Å². The number of hydrogen-bond donors (Lipinski definition) is 2. The highest BCUT2D eigenvalue weighted by Crippen LogP contribution is 2.26. The van der Waals surface area contributed by atoms with Gasteiger partial charge < -0.3 is 10.6 Å². The molecule has 7 heteroatoms. The highest BCUT2D eigenvalue weighted by molar-refractivity contribution is 14.0. The Balaban J connectivity index is 0.00000484. The molecule has 0 spiro atoms. The number of hydrogen-bond acceptors (Lipinski definition) is 3. The van der Waals surface area contributed by atoms with Gasteiger partial charge >= 0.3 is 0 Å². The molecular formula is C16H34IN3OS2. The molecule has 3 unspecified atom stereocenters. The van der Waals surface area contributed by atoms with Crippen molar-refractivity contribution in [3.8, 4) is 0 Å². The van der Waals surface area contributed by atoms with Crippen LogP contribution in [0, 0.1) is 0 Å². The van der Waals surface area contributed by atoms with Crippen LogP contribution in [0.1, 0.15) is 53.4 Å². The van der Waals surface area contributed by atoms with Crippen LogP contribution in [0.3, 0.4) is 0 Å². The average Bonchev–Trinajstić information content (AvgIpc) is 2.46. The summed E-state index contributed by atoms with van der Waals surface area (Å²) in [6, 6.07) is 0.511. The van der Waals surface area contributed by atoms with Crippen molar-refractivity contribution in [1.82, 2.24) is 10.6 Å². The van der Waals surface area contributed by atoms with Gasteiger partial charge in [-0.2, -0.15) is 11.8 Å². The van der Waals surface area contributed by atoms with Crippen LogP contribution < -0.4 is 10.6 Å². The summed E-state index contributed by atoms with van der Waals surface area (Å²) in [7, 11) is -0.837. The van der Waals surface area contributed by atoms with Crippen LogP contribution in [0.2, 0.25) is 0 Å². The number of thioether (sulfide) groups is 1. The van der Waals surface area contributed by atoms with Gasteiger partial charge in [0, 0.05) is 39.1 Å². The molecule has 0 aromatic heterocycles. The lowest BCUT2D eigenvalue weighted by Gasteiger charge is -2.30. The number of rotatable bonds is 6. The molecule has 1 fully saturated rings. The molecule has 0 heterocycles. The molecule has 3 atom stereocenters. The third kappa shape index (κ3) is 9.53. The third-order valence-corrected chi connectivity index (χ3v) is 6.89. The molecule has 1 aliphatic carbocycles. The first-order valence-corrected chi connectivity index (χ1v) is 10.9. The fourth-order valence-electron chi connectivity index (χ4n) is 2.55. The lowest BCUT2D eigenvalue weighted by Crippen LogP contribution is -2.46. The van der Waals surface area contributed by atoms with Crippen molar-refractivity contribution in [1.29, 1.82) is 0 Å². The number of aliphatic imine (C=N–C) groups is 1. The molecule has 0 radical (unpaired) electrons. The van der Waals surface area contributed by atoms with Gasteiger partial charge in [0.2, 0.25) is 0 Å². The molecule has 0 saturated heterocycles. The van der Waals surface area contributed by atoms with Gasteiger partial charge in [0.05, 0.1) is 6.54 Å². The van der Waals surface area contributed by atoms with Crippen LogP contribution >= 0.6 is 35.7 Å². The summed E-state index contributed by atoms with van der Waals surface area (Å²) in [5, 5.41) is 7.63. The monoisotopic (exact) mass is 475 g/mol. The van der Waals surface area contributed by atoms with Crippen LogP contribution in [0.4, 0.5) is 0 Å². The van der Waals surface area contributed by atoms with E-state index in [1.54, 1.807) is 0 Å². The highest BCUT2D eigenvalue weighted by Gasteiger charge is 2.22. The summed E-state index contributed by atoms with van der Waals surface area (Å²) < 4.78 is 11.9. The SMILES string of the molecule is CCNC(=NCCS(=O)C(C)(C)C)NC1CCCC(SC)C1.I. The molecule has 0 bridgehead atoms. The van der Waals surface area contributed by atoms with E-state index in [0.29, 0.717) is 18.3 Å². The van der Waals surface area contributed by atoms with Crippen LogP contribution in [-0.4, -0.2) is 51.3 Å². The van der Waals surface area contributed by atoms with Crippen LogP contribution in [0.15, 0.2) is 4.99 Å². The van der Waals surface area contributed by atoms with Gasteiger partial charge in [0.1, 0.15) is 0 Å². The quantitative estimate of drug-likeness (QED) is 0.352. The molecule has 0 aromatic rings. The van der Waals surface area contributed by atoms with Crippen molar-refractivity contribution in [2.24, 2.45) is 4.99 Å². The predicted octanol–water partition coefficient (Wildman–Crippen LogP) is 3.38. The molecule has 0 amide bonds. The van der Waals surface area contributed by atoms with Crippen molar-refractivity contribution >= 4 is 52.5 Å². The summed E-state index contributed by atoms with van der Waals surface area (Å²) in [4.78, 5) is 4.61. The molecule has 1 aliphatic rings. The third-order valence-electron chi connectivity index (χ3n) is 3.87. The van der Waals surface area contributed by atoms with Gasteiger partial charge in [-0.05, 0) is 53.2 Å². The Morgan fingerprint density at radius 3 is 2.61 bits per heavy atom.